The largest absolute Gasteiger partial charge is 0.399 e. The first-order valence-corrected chi connectivity index (χ1v) is 5.54. The molecule has 0 aliphatic rings. The summed E-state index contributed by atoms with van der Waals surface area (Å²) < 4.78 is 5.03. The second-order valence-corrected chi connectivity index (χ2v) is 3.99. The van der Waals surface area contributed by atoms with Crippen molar-refractivity contribution in [3.05, 3.63) is 35.5 Å². The van der Waals surface area contributed by atoms with E-state index in [2.05, 4.69) is 15.5 Å². The summed E-state index contributed by atoms with van der Waals surface area (Å²) in [6.45, 7) is 4.59. The Morgan fingerprint density at radius 3 is 2.82 bits per heavy atom. The highest BCUT2D eigenvalue weighted by atomic mass is 16.5. The molecule has 3 N–H and O–H groups in total. The molecular weight excluding hydrogens is 216 g/mol. The van der Waals surface area contributed by atoms with Gasteiger partial charge in [0.15, 0.2) is 5.82 Å². The van der Waals surface area contributed by atoms with E-state index in [1.54, 1.807) is 0 Å². The van der Waals surface area contributed by atoms with Gasteiger partial charge in [-0.25, -0.2) is 0 Å². The Labute approximate surface area is 100 Å². The maximum atomic E-state index is 5.69. The van der Waals surface area contributed by atoms with Gasteiger partial charge in [-0.2, -0.15) is 4.98 Å². The van der Waals surface area contributed by atoms with Gasteiger partial charge in [0.1, 0.15) is 0 Å². The monoisotopic (exact) mass is 232 g/mol. The van der Waals surface area contributed by atoms with Crippen molar-refractivity contribution in [1.82, 2.24) is 10.1 Å². The summed E-state index contributed by atoms with van der Waals surface area (Å²) in [7, 11) is 0. The summed E-state index contributed by atoms with van der Waals surface area (Å²) in [5, 5.41) is 7.06. The second kappa shape index (κ2) is 4.86. The highest BCUT2D eigenvalue weighted by Gasteiger charge is 2.03. The fourth-order valence-corrected chi connectivity index (χ4v) is 1.63. The van der Waals surface area contributed by atoms with E-state index in [-0.39, 0.29) is 0 Å². The molecule has 17 heavy (non-hydrogen) atoms. The summed E-state index contributed by atoms with van der Waals surface area (Å²) >= 11 is 0. The number of nitrogens with two attached hydrogens (primary N) is 1. The van der Waals surface area contributed by atoms with Crippen LogP contribution < -0.4 is 11.1 Å². The maximum Gasteiger partial charge on any atom is 0.228 e. The van der Waals surface area contributed by atoms with E-state index in [1.165, 1.54) is 0 Å². The van der Waals surface area contributed by atoms with E-state index in [0.717, 1.165) is 23.5 Å². The summed E-state index contributed by atoms with van der Waals surface area (Å²) in [5.41, 5.74) is 8.68. The lowest BCUT2D eigenvalue weighted by molar-refractivity contribution is 0.377. The Hall–Kier alpha value is -2.04. The van der Waals surface area contributed by atoms with Crippen molar-refractivity contribution in [3.8, 4) is 0 Å². The lowest BCUT2D eigenvalue weighted by Crippen LogP contribution is -2.06. The van der Waals surface area contributed by atoms with Crippen LogP contribution in [0.2, 0.25) is 0 Å². The SMILES string of the molecule is Cc1noc(CCNc2ccc(N)cc2C)n1. The molecule has 0 fully saturated rings. The molecular formula is C12H16N4O. The maximum absolute atomic E-state index is 5.69. The minimum Gasteiger partial charge on any atom is -0.399 e. The zero-order valence-corrected chi connectivity index (χ0v) is 10.0. The third kappa shape index (κ3) is 2.96. The predicted octanol–water partition coefficient (Wildman–Crippen LogP) is 1.92. The van der Waals surface area contributed by atoms with Crippen molar-refractivity contribution in [2.75, 3.05) is 17.6 Å². The van der Waals surface area contributed by atoms with Gasteiger partial charge in [-0.1, -0.05) is 5.16 Å². The first kappa shape index (κ1) is 11.4. The normalized spacial score (nSPS) is 10.5. The van der Waals surface area contributed by atoms with Crippen molar-refractivity contribution >= 4 is 11.4 Å². The summed E-state index contributed by atoms with van der Waals surface area (Å²) in [4.78, 5) is 4.14. The molecule has 0 saturated carbocycles. The molecule has 0 bridgehead atoms. The quantitative estimate of drug-likeness (QED) is 0.787. The number of hydrogen-bond acceptors (Lipinski definition) is 5. The van der Waals surface area contributed by atoms with Crippen LogP contribution in [0, 0.1) is 13.8 Å². The Kier molecular flexibility index (Phi) is 3.27. The molecule has 5 nitrogen and oxygen atoms in total. The molecule has 0 unspecified atom stereocenters. The number of nitrogens with one attached hydrogen (secondary N) is 1. The van der Waals surface area contributed by atoms with Gasteiger partial charge in [0.2, 0.25) is 5.89 Å². The molecule has 90 valence electrons. The van der Waals surface area contributed by atoms with E-state index in [0.29, 0.717) is 18.1 Å². The summed E-state index contributed by atoms with van der Waals surface area (Å²) in [6.07, 6.45) is 0.713. The number of aryl methyl sites for hydroxylation is 2. The predicted molar refractivity (Wildman–Crippen MR) is 66.8 cm³/mol. The van der Waals surface area contributed by atoms with E-state index < -0.39 is 0 Å². The Bertz CT molecular complexity index is 507. The van der Waals surface area contributed by atoms with E-state index in [9.17, 15) is 0 Å². The molecule has 0 amide bonds. The molecule has 0 atom stereocenters. The summed E-state index contributed by atoms with van der Waals surface area (Å²) in [6, 6.07) is 5.80. The number of hydrogen-bond donors (Lipinski definition) is 2. The average molecular weight is 232 g/mol. The Balaban J connectivity index is 1.90. The highest BCUT2D eigenvalue weighted by Crippen LogP contribution is 2.17. The van der Waals surface area contributed by atoms with E-state index >= 15 is 0 Å². The molecule has 0 spiro atoms. The topological polar surface area (TPSA) is 77.0 Å². The molecule has 2 rings (SSSR count). The zero-order valence-electron chi connectivity index (χ0n) is 10.0. The minimum atomic E-state index is 0.656. The number of nitrogens with zero attached hydrogens (tertiary/aromatic N) is 2. The van der Waals surface area contributed by atoms with Gasteiger partial charge in [-0.05, 0) is 37.6 Å². The number of aromatic nitrogens is 2. The van der Waals surface area contributed by atoms with Crippen LogP contribution in [0.4, 0.5) is 11.4 Å². The van der Waals surface area contributed by atoms with Crippen LogP contribution in [0.15, 0.2) is 22.7 Å². The molecule has 2 aromatic rings. The van der Waals surface area contributed by atoms with Crippen LogP contribution in [0.3, 0.4) is 0 Å². The van der Waals surface area contributed by atoms with Gasteiger partial charge in [0, 0.05) is 24.3 Å². The van der Waals surface area contributed by atoms with Gasteiger partial charge < -0.3 is 15.6 Å². The van der Waals surface area contributed by atoms with Crippen LogP contribution in [-0.4, -0.2) is 16.7 Å². The molecule has 0 aliphatic carbocycles. The molecule has 1 heterocycles. The Morgan fingerprint density at radius 2 is 2.18 bits per heavy atom. The molecule has 1 aromatic carbocycles. The van der Waals surface area contributed by atoms with Crippen LogP contribution >= 0.6 is 0 Å². The van der Waals surface area contributed by atoms with Gasteiger partial charge in [0.25, 0.3) is 0 Å². The third-order valence-corrected chi connectivity index (χ3v) is 2.47. The lowest BCUT2D eigenvalue weighted by atomic mass is 10.2. The number of benzene rings is 1. The van der Waals surface area contributed by atoms with Crippen LogP contribution in [0.25, 0.3) is 0 Å². The summed E-state index contributed by atoms with van der Waals surface area (Å²) in [5.74, 6) is 1.33. The number of anilines is 2. The standard InChI is InChI=1S/C12H16N4O/c1-8-7-10(13)3-4-11(8)14-6-5-12-15-9(2)16-17-12/h3-4,7,14H,5-6,13H2,1-2H3. The van der Waals surface area contributed by atoms with Gasteiger partial charge in [-0.15, -0.1) is 0 Å². The van der Waals surface area contributed by atoms with Crippen molar-refractivity contribution in [2.24, 2.45) is 0 Å². The molecule has 1 aromatic heterocycles. The van der Waals surface area contributed by atoms with Crippen LogP contribution in [0.1, 0.15) is 17.3 Å². The lowest BCUT2D eigenvalue weighted by Gasteiger charge is -2.08. The van der Waals surface area contributed by atoms with Crippen molar-refractivity contribution in [1.29, 1.82) is 0 Å². The highest BCUT2D eigenvalue weighted by molar-refractivity contribution is 5.57. The molecule has 0 aliphatic heterocycles. The molecule has 0 radical (unpaired) electrons. The third-order valence-electron chi connectivity index (χ3n) is 2.47. The zero-order chi connectivity index (χ0) is 12.3. The Morgan fingerprint density at radius 1 is 1.35 bits per heavy atom. The first-order chi connectivity index (χ1) is 8.15. The smallest absolute Gasteiger partial charge is 0.228 e. The van der Waals surface area contributed by atoms with Crippen molar-refractivity contribution in [2.45, 2.75) is 20.3 Å². The van der Waals surface area contributed by atoms with Crippen LogP contribution in [-0.2, 0) is 6.42 Å². The van der Waals surface area contributed by atoms with Gasteiger partial charge >= 0.3 is 0 Å². The number of nitrogen functional groups attached to an aromatic ring is 1. The van der Waals surface area contributed by atoms with E-state index in [4.69, 9.17) is 10.3 Å². The molecule has 5 heteroatoms. The second-order valence-electron chi connectivity index (χ2n) is 3.99. The van der Waals surface area contributed by atoms with Crippen LogP contribution in [0.5, 0.6) is 0 Å². The number of rotatable bonds is 4. The minimum absolute atomic E-state index is 0.656. The fraction of sp³-hybridized carbons (Fsp3) is 0.333. The molecule has 0 saturated heterocycles. The van der Waals surface area contributed by atoms with Crippen molar-refractivity contribution in [3.63, 3.8) is 0 Å². The van der Waals surface area contributed by atoms with E-state index in [1.807, 2.05) is 32.0 Å². The van der Waals surface area contributed by atoms with Crippen molar-refractivity contribution < 1.29 is 4.52 Å². The van der Waals surface area contributed by atoms with Gasteiger partial charge in [0.05, 0.1) is 0 Å². The fourth-order valence-electron chi connectivity index (χ4n) is 1.63. The van der Waals surface area contributed by atoms with Gasteiger partial charge in [-0.3, -0.25) is 0 Å². The first-order valence-electron chi connectivity index (χ1n) is 5.54. The average Bonchev–Trinajstić information content (AvgIpc) is 2.68.